The van der Waals surface area contributed by atoms with Gasteiger partial charge in [-0.25, -0.2) is 0 Å². The number of amides is 1. The lowest BCUT2D eigenvalue weighted by Crippen LogP contribution is -2.09. The van der Waals surface area contributed by atoms with Crippen LogP contribution in [0.25, 0.3) is 10.4 Å². The van der Waals surface area contributed by atoms with Crippen molar-refractivity contribution >= 4 is 45.3 Å². The molecule has 3 rings (SSSR count). The van der Waals surface area contributed by atoms with Crippen LogP contribution < -0.4 is 5.32 Å². The molecule has 2 aromatic heterocycles. The number of nitrogens with one attached hydrogen (secondary N) is 1. The molecular weight excluding hydrogens is 350 g/mol. The average molecular weight is 364 g/mol. The van der Waals surface area contributed by atoms with Crippen molar-refractivity contribution in [2.45, 2.75) is 19.8 Å². The molecule has 1 aromatic carbocycles. The second-order valence-corrected chi connectivity index (χ2v) is 7.75. The Morgan fingerprint density at radius 1 is 1.09 bits per heavy atom. The topological polar surface area (TPSA) is 54.9 Å². The van der Waals surface area contributed by atoms with Crippen LogP contribution in [0.15, 0.2) is 36.4 Å². The number of rotatable bonds is 4. The Morgan fingerprint density at radius 3 is 2.48 bits per heavy atom. The van der Waals surface area contributed by atoms with Gasteiger partial charge in [0.05, 0.1) is 4.88 Å². The van der Waals surface area contributed by atoms with Gasteiger partial charge in [0.2, 0.25) is 5.13 Å². The molecule has 0 saturated heterocycles. The van der Waals surface area contributed by atoms with Gasteiger partial charge in [0.25, 0.3) is 5.91 Å². The first-order chi connectivity index (χ1) is 11.0. The van der Waals surface area contributed by atoms with Crippen molar-refractivity contribution in [3.63, 3.8) is 0 Å². The number of benzene rings is 1. The number of carbonyl (C=O) groups excluding carboxylic acids is 1. The highest BCUT2D eigenvalue weighted by atomic mass is 35.5. The van der Waals surface area contributed by atoms with Crippen molar-refractivity contribution in [1.82, 2.24) is 10.2 Å². The summed E-state index contributed by atoms with van der Waals surface area (Å²) in [6, 6.07) is 11.3. The molecule has 0 bridgehead atoms. The molecule has 0 unspecified atom stereocenters. The monoisotopic (exact) mass is 363 g/mol. The summed E-state index contributed by atoms with van der Waals surface area (Å²) in [5, 5.41) is 13.0. The van der Waals surface area contributed by atoms with Crippen LogP contribution in [0, 0.1) is 0 Å². The summed E-state index contributed by atoms with van der Waals surface area (Å²) in [6.07, 6.45) is 0. The van der Waals surface area contributed by atoms with Gasteiger partial charge in [0.15, 0.2) is 0 Å². The Bertz CT molecular complexity index is 824. The van der Waals surface area contributed by atoms with Crippen LogP contribution in [0.3, 0.4) is 0 Å². The predicted octanol–water partition coefficient (Wildman–Crippen LogP) is 5.30. The number of hydrogen-bond donors (Lipinski definition) is 1. The molecular formula is C16H14ClN3OS2. The van der Waals surface area contributed by atoms with Gasteiger partial charge in [-0.3, -0.25) is 10.1 Å². The second kappa shape index (κ2) is 6.78. The Balaban J connectivity index is 1.74. The van der Waals surface area contributed by atoms with Crippen molar-refractivity contribution in [1.29, 1.82) is 0 Å². The number of thiophene rings is 1. The van der Waals surface area contributed by atoms with Gasteiger partial charge in [-0.1, -0.05) is 48.9 Å². The molecule has 0 fully saturated rings. The first kappa shape index (κ1) is 16.1. The number of hydrogen-bond acceptors (Lipinski definition) is 5. The van der Waals surface area contributed by atoms with E-state index in [1.165, 1.54) is 22.7 Å². The molecule has 0 saturated carbocycles. The van der Waals surface area contributed by atoms with Gasteiger partial charge in [-0.05, 0) is 29.8 Å². The first-order valence-corrected chi connectivity index (χ1v) is 9.04. The fourth-order valence-electron chi connectivity index (χ4n) is 1.91. The number of aromatic nitrogens is 2. The summed E-state index contributed by atoms with van der Waals surface area (Å²) in [4.78, 5) is 14.0. The normalized spacial score (nSPS) is 11.0. The Labute approximate surface area is 147 Å². The highest BCUT2D eigenvalue weighted by Gasteiger charge is 2.14. The van der Waals surface area contributed by atoms with E-state index in [1.807, 2.05) is 50.2 Å². The highest BCUT2D eigenvalue weighted by Crippen LogP contribution is 2.30. The smallest absolute Gasteiger partial charge is 0.267 e. The van der Waals surface area contributed by atoms with E-state index >= 15 is 0 Å². The third kappa shape index (κ3) is 3.77. The van der Waals surface area contributed by atoms with E-state index in [-0.39, 0.29) is 5.91 Å². The minimum Gasteiger partial charge on any atom is -0.296 e. The van der Waals surface area contributed by atoms with Crippen LogP contribution in [0.2, 0.25) is 5.02 Å². The summed E-state index contributed by atoms with van der Waals surface area (Å²) >= 11 is 8.73. The summed E-state index contributed by atoms with van der Waals surface area (Å²) in [5.74, 6) is 0.137. The largest absolute Gasteiger partial charge is 0.296 e. The Morgan fingerprint density at radius 2 is 1.83 bits per heavy atom. The Hall–Kier alpha value is -1.76. The zero-order chi connectivity index (χ0) is 16.4. The number of carbonyl (C=O) groups is 1. The zero-order valence-electron chi connectivity index (χ0n) is 12.5. The lowest BCUT2D eigenvalue weighted by atomic mass is 10.2. The van der Waals surface area contributed by atoms with E-state index in [0.29, 0.717) is 20.9 Å². The number of nitrogens with zero attached hydrogens (tertiary/aromatic N) is 2. The maximum Gasteiger partial charge on any atom is 0.267 e. The van der Waals surface area contributed by atoms with Crippen LogP contribution >= 0.6 is 34.3 Å². The standard InChI is InChI=1S/C16H14ClN3OS2/c1-9(2)15-19-20-16(23-15)18-14(21)13-8-7-12(22-13)10-3-5-11(17)6-4-10/h3-9H,1-2H3,(H,18,20,21). The van der Waals surface area contributed by atoms with Crippen LogP contribution in [-0.4, -0.2) is 16.1 Å². The molecule has 0 spiro atoms. The highest BCUT2D eigenvalue weighted by molar-refractivity contribution is 7.18. The lowest BCUT2D eigenvalue weighted by molar-refractivity contribution is 0.103. The van der Waals surface area contributed by atoms with Gasteiger partial charge < -0.3 is 0 Å². The summed E-state index contributed by atoms with van der Waals surface area (Å²) < 4.78 is 0. The number of halogens is 1. The average Bonchev–Trinajstić information content (AvgIpc) is 3.17. The van der Waals surface area contributed by atoms with E-state index < -0.39 is 0 Å². The van der Waals surface area contributed by atoms with E-state index in [0.717, 1.165) is 15.4 Å². The molecule has 1 N–H and O–H groups in total. The van der Waals surface area contributed by atoms with Gasteiger partial charge in [0, 0.05) is 15.8 Å². The maximum absolute atomic E-state index is 12.3. The third-order valence-corrected chi connectivity index (χ3v) is 5.64. The summed E-state index contributed by atoms with van der Waals surface area (Å²) in [6.45, 7) is 4.09. The molecule has 7 heteroatoms. The lowest BCUT2D eigenvalue weighted by Gasteiger charge is -1.98. The van der Waals surface area contributed by atoms with E-state index in [2.05, 4.69) is 15.5 Å². The van der Waals surface area contributed by atoms with E-state index in [4.69, 9.17) is 11.6 Å². The van der Waals surface area contributed by atoms with Crippen LogP contribution in [0.1, 0.15) is 34.4 Å². The molecule has 4 nitrogen and oxygen atoms in total. The second-order valence-electron chi connectivity index (χ2n) is 5.23. The van der Waals surface area contributed by atoms with Crippen molar-refractivity contribution in [2.24, 2.45) is 0 Å². The minimum atomic E-state index is -0.165. The molecule has 0 aliphatic rings. The quantitative estimate of drug-likeness (QED) is 0.684. The zero-order valence-corrected chi connectivity index (χ0v) is 14.9. The maximum atomic E-state index is 12.3. The van der Waals surface area contributed by atoms with Crippen LogP contribution in [-0.2, 0) is 0 Å². The van der Waals surface area contributed by atoms with Crippen molar-refractivity contribution in [3.05, 3.63) is 51.3 Å². The molecule has 0 radical (unpaired) electrons. The van der Waals surface area contributed by atoms with Crippen molar-refractivity contribution in [2.75, 3.05) is 5.32 Å². The summed E-state index contributed by atoms with van der Waals surface area (Å²) in [7, 11) is 0. The van der Waals surface area contributed by atoms with Gasteiger partial charge in [-0.15, -0.1) is 21.5 Å². The minimum absolute atomic E-state index is 0.165. The fourth-order valence-corrected chi connectivity index (χ4v) is 3.68. The molecule has 2 heterocycles. The first-order valence-electron chi connectivity index (χ1n) is 7.03. The molecule has 0 aliphatic carbocycles. The van der Waals surface area contributed by atoms with Crippen LogP contribution in [0.4, 0.5) is 5.13 Å². The van der Waals surface area contributed by atoms with E-state index in [9.17, 15) is 4.79 Å². The molecule has 0 aliphatic heterocycles. The summed E-state index contributed by atoms with van der Waals surface area (Å²) in [5.41, 5.74) is 1.04. The molecule has 3 aromatic rings. The van der Waals surface area contributed by atoms with Gasteiger partial charge in [-0.2, -0.15) is 0 Å². The van der Waals surface area contributed by atoms with Gasteiger partial charge in [0.1, 0.15) is 5.01 Å². The van der Waals surface area contributed by atoms with Crippen molar-refractivity contribution < 1.29 is 4.79 Å². The molecule has 118 valence electrons. The van der Waals surface area contributed by atoms with Crippen LogP contribution in [0.5, 0.6) is 0 Å². The van der Waals surface area contributed by atoms with E-state index in [1.54, 1.807) is 0 Å². The molecule has 0 atom stereocenters. The number of anilines is 1. The third-order valence-electron chi connectivity index (χ3n) is 3.11. The van der Waals surface area contributed by atoms with Crippen molar-refractivity contribution in [3.8, 4) is 10.4 Å². The fraction of sp³-hybridized carbons (Fsp3) is 0.188. The Kier molecular flexibility index (Phi) is 4.75. The molecule has 23 heavy (non-hydrogen) atoms. The predicted molar refractivity (Wildman–Crippen MR) is 96.7 cm³/mol. The molecule has 1 amide bonds. The van der Waals surface area contributed by atoms with Gasteiger partial charge >= 0.3 is 0 Å². The SMILES string of the molecule is CC(C)c1nnc(NC(=O)c2ccc(-c3ccc(Cl)cc3)s2)s1.